The molecule has 2 N–H and O–H groups in total. The van der Waals surface area contributed by atoms with E-state index in [4.69, 9.17) is 16.3 Å². The summed E-state index contributed by atoms with van der Waals surface area (Å²) in [6, 6.07) is -0.0183. The van der Waals surface area contributed by atoms with E-state index in [0.29, 0.717) is 18.4 Å². The van der Waals surface area contributed by atoms with Crippen LogP contribution in [-0.4, -0.2) is 40.7 Å². The molecule has 0 radical (unpaired) electrons. The molecule has 2 heterocycles. The van der Waals surface area contributed by atoms with Crippen molar-refractivity contribution in [2.24, 2.45) is 0 Å². The molecule has 1 aromatic heterocycles. The Kier molecular flexibility index (Phi) is 3.86. The molecular formula is C13H18ClN3O2. The van der Waals surface area contributed by atoms with Crippen LogP contribution in [0.2, 0.25) is 5.15 Å². The van der Waals surface area contributed by atoms with E-state index >= 15 is 0 Å². The fraction of sp³-hybridized carbons (Fsp3) is 0.692. The molecule has 0 saturated carbocycles. The molecule has 6 heteroatoms. The summed E-state index contributed by atoms with van der Waals surface area (Å²) in [7, 11) is 0. The maximum Gasteiger partial charge on any atom is 0.155 e. The van der Waals surface area contributed by atoms with Crippen molar-refractivity contribution in [3.63, 3.8) is 0 Å². The number of nitrogens with one attached hydrogen (secondary N) is 1. The molecule has 0 aromatic carbocycles. The zero-order valence-electron chi connectivity index (χ0n) is 10.7. The summed E-state index contributed by atoms with van der Waals surface area (Å²) in [5.41, 5.74) is 2.29. The van der Waals surface area contributed by atoms with Crippen LogP contribution in [0.5, 0.6) is 0 Å². The number of hydrogen-bond acceptors (Lipinski definition) is 5. The SMILES string of the molecule is O[C@@H]1COCC[C@H]1Nc1nnc(Cl)c2c1CCCC2. The van der Waals surface area contributed by atoms with E-state index in [0.717, 1.165) is 43.5 Å². The molecule has 1 aliphatic carbocycles. The Morgan fingerprint density at radius 1 is 1.21 bits per heavy atom. The van der Waals surface area contributed by atoms with E-state index in [1.807, 2.05) is 0 Å². The van der Waals surface area contributed by atoms with Crippen molar-refractivity contribution in [1.82, 2.24) is 10.2 Å². The molecule has 0 spiro atoms. The minimum Gasteiger partial charge on any atom is -0.389 e. The Balaban J connectivity index is 1.84. The largest absolute Gasteiger partial charge is 0.389 e. The maximum absolute atomic E-state index is 9.93. The van der Waals surface area contributed by atoms with E-state index in [-0.39, 0.29) is 6.04 Å². The standard InChI is InChI=1S/C13H18ClN3O2/c14-12-8-3-1-2-4-9(8)13(17-16-12)15-10-5-6-19-7-11(10)18/h10-11,18H,1-7H2,(H,15,17)/t10-,11-/m1/s1. The van der Waals surface area contributed by atoms with Crippen LogP contribution in [0, 0.1) is 0 Å². The van der Waals surface area contributed by atoms with Crippen molar-refractivity contribution < 1.29 is 9.84 Å². The molecule has 2 aliphatic rings. The summed E-state index contributed by atoms with van der Waals surface area (Å²) in [6.07, 6.45) is 4.53. The summed E-state index contributed by atoms with van der Waals surface area (Å²) in [6.45, 7) is 1.04. The maximum atomic E-state index is 9.93. The van der Waals surface area contributed by atoms with Crippen LogP contribution < -0.4 is 5.32 Å². The predicted molar refractivity (Wildman–Crippen MR) is 72.5 cm³/mol. The van der Waals surface area contributed by atoms with E-state index in [9.17, 15) is 5.11 Å². The van der Waals surface area contributed by atoms with Crippen LogP contribution >= 0.6 is 11.6 Å². The molecule has 2 atom stereocenters. The van der Waals surface area contributed by atoms with Crippen LogP contribution in [0.15, 0.2) is 0 Å². The van der Waals surface area contributed by atoms with Gasteiger partial charge < -0.3 is 15.2 Å². The smallest absolute Gasteiger partial charge is 0.155 e. The lowest BCUT2D eigenvalue weighted by Gasteiger charge is -2.30. The molecule has 0 amide bonds. The van der Waals surface area contributed by atoms with Crippen molar-refractivity contribution in [3.05, 3.63) is 16.3 Å². The van der Waals surface area contributed by atoms with Crippen molar-refractivity contribution >= 4 is 17.4 Å². The summed E-state index contributed by atoms with van der Waals surface area (Å²) < 4.78 is 5.23. The molecule has 19 heavy (non-hydrogen) atoms. The fourth-order valence-electron chi connectivity index (χ4n) is 2.79. The normalized spacial score (nSPS) is 26.8. The highest BCUT2D eigenvalue weighted by atomic mass is 35.5. The molecule has 3 rings (SSSR count). The van der Waals surface area contributed by atoms with Gasteiger partial charge in [-0.1, -0.05) is 11.6 Å². The Hall–Kier alpha value is -0.910. The van der Waals surface area contributed by atoms with Crippen molar-refractivity contribution in [1.29, 1.82) is 0 Å². The first-order chi connectivity index (χ1) is 9.25. The number of anilines is 1. The lowest BCUT2D eigenvalue weighted by molar-refractivity contribution is -0.0135. The lowest BCUT2D eigenvalue weighted by Crippen LogP contribution is -2.42. The molecule has 0 bridgehead atoms. The highest BCUT2D eigenvalue weighted by molar-refractivity contribution is 6.30. The van der Waals surface area contributed by atoms with Crippen LogP contribution in [0.1, 0.15) is 30.4 Å². The van der Waals surface area contributed by atoms with Crippen molar-refractivity contribution in [3.8, 4) is 0 Å². The number of aliphatic hydroxyl groups excluding tert-OH is 1. The van der Waals surface area contributed by atoms with Gasteiger partial charge in [0.15, 0.2) is 11.0 Å². The highest BCUT2D eigenvalue weighted by Crippen LogP contribution is 2.31. The first-order valence-corrected chi connectivity index (χ1v) is 7.20. The fourth-order valence-corrected chi connectivity index (χ4v) is 3.04. The third-order valence-corrected chi connectivity index (χ3v) is 4.19. The quantitative estimate of drug-likeness (QED) is 0.862. The summed E-state index contributed by atoms with van der Waals surface area (Å²) >= 11 is 6.11. The van der Waals surface area contributed by atoms with Crippen LogP contribution in [0.25, 0.3) is 0 Å². The van der Waals surface area contributed by atoms with Gasteiger partial charge in [-0.3, -0.25) is 0 Å². The summed E-state index contributed by atoms with van der Waals surface area (Å²) in [4.78, 5) is 0. The Bertz CT molecular complexity index is 469. The molecule has 1 saturated heterocycles. The van der Waals surface area contributed by atoms with Gasteiger partial charge in [-0.2, -0.15) is 0 Å². The van der Waals surface area contributed by atoms with Gasteiger partial charge in [0.2, 0.25) is 0 Å². The van der Waals surface area contributed by atoms with E-state index < -0.39 is 6.10 Å². The van der Waals surface area contributed by atoms with E-state index in [1.165, 1.54) is 5.56 Å². The molecule has 1 aromatic rings. The zero-order chi connectivity index (χ0) is 13.2. The summed E-state index contributed by atoms with van der Waals surface area (Å²) in [5.74, 6) is 0.782. The molecule has 1 fully saturated rings. The number of aromatic nitrogens is 2. The van der Waals surface area contributed by atoms with Gasteiger partial charge in [0.1, 0.15) is 0 Å². The van der Waals surface area contributed by atoms with Gasteiger partial charge in [0.25, 0.3) is 0 Å². The van der Waals surface area contributed by atoms with Crippen LogP contribution in [0.3, 0.4) is 0 Å². The zero-order valence-corrected chi connectivity index (χ0v) is 11.5. The molecule has 0 unspecified atom stereocenters. The second-order valence-electron chi connectivity index (χ2n) is 5.19. The van der Waals surface area contributed by atoms with Crippen molar-refractivity contribution in [2.75, 3.05) is 18.5 Å². The third kappa shape index (κ3) is 2.68. The van der Waals surface area contributed by atoms with Gasteiger partial charge in [0.05, 0.1) is 18.8 Å². The van der Waals surface area contributed by atoms with E-state index in [2.05, 4.69) is 15.5 Å². The van der Waals surface area contributed by atoms with Gasteiger partial charge >= 0.3 is 0 Å². The molecule has 104 valence electrons. The van der Waals surface area contributed by atoms with Gasteiger partial charge in [-0.15, -0.1) is 10.2 Å². The number of nitrogens with zero attached hydrogens (tertiary/aromatic N) is 2. The number of hydrogen-bond donors (Lipinski definition) is 2. The van der Waals surface area contributed by atoms with Crippen LogP contribution in [-0.2, 0) is 17.6 Å². The van der Waals surface area contributed by atoms with E-state index in [1.54, 1.807) is 0 Å². The number of rotatable bonds is 2. The second kappa shape index (κ2) is 5.61. The highest BCUT2D eigenvalue weighted by Gasteiger charge is 2.26. The number of halogens is 1. The minimum absolute atomic E-state index is 0.0183. The monoisotopic (exact) mass is 283 g/mol. The third-order valence-electron chi connectivity index (χ3n) is 3.89. The average Bonchev–Trinajstić information content (AvgIpc) is 2.44. The van der Waals surface area contributed by atoms with Gasteiger partial charge in [0, 0.05) is 12.2 Å². The summed E-state index contributed by atoms with van der Waals surface area (Å²) in [5, 5.41) is 22.0. The van der Waals surface area contributed by atoms with Crippen LogP contribution in [0.4, 0.5) is 5.82 Å². The van der Waals surface area contributed by atoms with Gasteiger partial charge in [-0.05, 0) is 37.7 Å². The number of fused-ring (bicyclic) bond motifs is 1. The minimum atomic E-state index is -0.495. The Morgan fingerprint density at radius 3 is 2.79 bits per heavy atom. The second-order valence-corrected chi connectivity index (χ2v) is 5.54. The van der Waals surface area contributed by atoms with Gasteiger partial charge in [-0.25, -0.2) is 0 Å². The topological polar surface area (TPSA) is 67.3 Å². The number of aliphatic hydroxyl groups is 1. The number of ether oxygens (including phenoxy) is 1. The average molecular weight is 284 g/mol. The molecule has 5 nitrogen and oxygen atoms in total. The Labute approximate surface area is 117 Å². The first-order valence-electron chi connectivity index (χ1n) is 6.82. The first kappa shape index (κ1) is 13.1. The molecular weight excluding hydrogens is 266 g/mol. The Morgan fingerprint density at radius 2 is 2.00 bits per heavy atom. The predicted octanol–water partition coefficient (Wildman–Crippen LogP) is 1.57. The lowest BCUT2D eigenvalue weighted by atomic mass is 9.93. The van der Waals surface area contributed by atoms with Crippen molar-refractivity contribution in [2.45, 2.75) is 44.2 Å². The molecule has 1 aliphatic heterocycles.